The normalized spacial score (nSPS) is 11.3. The van der Waals surface area contributed by atoms with Crippen molar-refractivity contribution in [1.82, 2.24) is 4.98 Å². The number of ether oxygens (including phenoxy) is 1. The lowest BCUT2D eigenvalue weighted by atomic mass is 10.1. The van der Waals surface area contributed by atoms with Crippen LogP contribution in [0.2, 0.25) is 0 Å². The molecule has 0 aliphatic rings. The van der Waals surface area contributed by atoms with E-state index in [1.54, 1.807) is 18.3 Å². The maximum absolute atomic E-state index is 5.56. The first-order chi connectivity index (χ1) is 6.03. The van der Waals surface area contributed by atoms with Crippen molar-refractivity contribution in [2.24, 2.45) is 5.73 Å². The first kappa shape index (κ1) is 9.80. The lowest BCUT2D eigenvalue weighted by molar-refractivity contribution is 0.118. The highest BCUT2D eigenvalue weighted by atomic mass is 16.5. The Labute approximate surface area is 77.9 Å². The van der Waals surface area contributed by atoms with Crippen LogP contribution in [0.1, 0.15) is 13.8 Å². The molecule has 4 nitrogen and oxygen atoms in total. The summed E-state index contributed by atoms with van der Waals surface area (Å²) in [7, 11) is 0. The molecule has 0 radical (unpaired) electrons. The number of aromatic nitrogens is 1. The van der Waals surface area contributed by atoms with E-state index in [1.165, 1.54) is 0 Å². The minimum Gasteiger partial charge on any atom is -0.485 e. The van der Waals surface area contributed by atoms with E-state index in [4.69, 9.17) is 16.2 Å². The molecule has 13 heavy (non-hydrogen) atoms. The number of rotatable bonds is 3. The zero-order valence-electron chi connectivity index (χ0n) is 7.95. The zero-order chi connectivity index (χ0) is 9.90. The van der Waals surface area contributed by atoms with E-state index in [1.807, 2.05) is 13.8 Å². The van der Waals surface area contributed by atoms with Gasteiger partial charge < -0.3 is 16.2 Å². The summed E-state index contributed by atoms with van der Waals surface area (Å²) in [5, 5.41) is 0. The van der Waals surface area contributed by atoms with E-state index in [-0.39, 0.29) is 5.60 Å². The lowest BCUT2D eigenvalue weighted by Gasteiger charge is -2.24. The first-order valence-electron chi connectivity index (χ1n) is 4.14. The summed E-state index contributed by atoms with van der Waals surface area (Å²) < 4.78 is 5.56. The van der Waals surface area contributed by atoms with Crippen molar-refractivity contribution in [3.8, 4) is 5.75 Å². The number of nitrogen functional groups attached to an aromatic ring is 1. The van der Waals surface area contributed by atoms with Gasteiger partial charge in [-0.2, -0.15) is 0 Å². The Kier molecular flexibility index (Phi) is 2.72. The van der Waals surface area contributed by atoms with Crippen LogP contribution in [-0.2, 0) is 0 Å². The van der Waals surface area contributed by atoms with Gasteiger partial charge in [0.25, 0.3) is 0 Å². The standard InChI is InChI=1S/C9H15N3O/c1-9(2,6-10)13-7-3-4-8(11)12-5-7/h3-5H,6,10H2,1-2H3,(H2,11,12). The van der Waals surface area contributed by atoms with Gasteiger partial charge in [-0.25, -0.2) is 4.98 Å². The van der Waals surface area contributed by atoms with Gasteiger partial charge in [-0.1, -0.05) is 0 Å². The van der Waals surface area contributed by atoms with Gasteiger partial charge in [0.1, 0.15) is 17.2 Å². The smallest absolute Gasteiger partial charge is 0.138 e. The van der Waals surface area contributed by atoms with Crippen molar-refractivity contribution in [1.29, 1.82) is 0 Å². The Morgan fingerprint density at radius 3 is 2.62 bits per heavy atom. The van der Waals surface area contributed by atoms with Gasteiger partial charge in [-0.3, -0.25) is 0 Å². The van der Waals surface area contributed by atoms with E-state index < -0.39 is 0 Å². The molecule has 0 aromatic carbocycles. The Balaban J connectivity index is 2.69. The summed E-state index contributed by atoms with van der Waals surface area (Å²) >= 11 is 0. The second kappa shape index (κ2) is 3.62. The highest BCUT2D eigenvalue weighted by Gasteiger charge is 2.16. The van der Waals surface area contributed by atoms with Crippen LogP contribution in [0.15, 0.2) is 18.3 Å². The number of hydrogen-bond acceptors (Lipinski definition) is 4. The Morgan fingerprint density at radius 2 is 2.15 bits per heavy atom. The third-order valence-electron chi connectivity index (χ3n) is 1.64. The van der Waals surface area contributed by atoms with Crippen LogP contribution in [0.25, 0.3) is 0 Å². The second-order valence-electron chi connectivity index (χ2n) is 3.48. The lowest BCUT2D eigenvalue weighted by Crippen LogP contribution is -2.37. The summed E-state index contributed by atoms with van der Waals surface area (Å²) in [6, 6.07) is 3.47. The predicted octanol–water partition coefficient (Wildman–Crippen LogP) is 0.780. The highest BCUT2D eigenvalue weighted by molar-refractivity contribution is 5.32. The topological polar surface area (TPSA) is 74.2 Å². The van der Waals surface area contributed by atoms with Gasteiger partial charge >= 0.3 is 0 Å². The molecule has 4 heteroatoms. The van der Waals surface area contributed by atoms with Crippen LogP contribution < -0.4 is 16.2 Å². The van der Waals surface area contributed by atoms with Gasteiger partial charge in [0, 0.05) is 6.54 Å². The molecule has 0 saturated heterocycles. The van der Waals surface area contributed by atoms with E-state index in [0.717, 1.165) is 0 Å². The summed E-state index contributed by atoms with van der Waals surface area (Å²) in [5.41, 5.74) is 10.6. The Morgan fingerprint density at radius 1 is 1.46 bits per heavy atom. The van der Waals surface area contributed by atoms with Crippen LogP contribution in [0.3, 0.4) is 0 Å². The summed E-state index contributed by atoms with van der Waals surface area (Å²) in [4.78, 5) is 3.91. The van der Waals surface area contributed by atoms with Crippen LogP contribution >= 0.6 is 0 Å². The van der Waals surface area contributed by atoms with Crippen molar-refractivity contribution in [2.45, 2.75) is 19.4 Å². The second-order valence-corrected chi connectivity index (χ2v) is 3.48. The maximum atomic E-state index is 5.56. The number of nitrogens with zero attached hydrogens (tertiary/aromatic N) is 1. The molecule has 0 saturated carbocycles. The summed E-state index contributed by atoms with van der Waals surface area (Å²) in [6.07, 6.45) is 1.59. The molecule has 0 fully saturated rings. The van der Waals surface area contributed by atoms with Crippen LogP contribution in [-0.4, -0.2) is 17.1 Å². The van der Waals surface area contributed by atoms with E-state index in [0.29, 0.717) is 18.1 Å². The molecule has 1 aromatic rings. The van der Waals surface area contributed by atoms with Gasteiger partial charge in [0.15, 0.2) is 0 Å². The van der Waals surface area contributed by atoms with Crippen LogP contribution in [0, 0.1) is 0 Å². The quantitative estimate of drug-likeness (QED) is 0.722. The number of hydrogen-bond donors (Lipinski definition) is 2. The zero-order valence-corrected chi connectivity index (χ0v) is 7.95. The molecule has 4 N–H and O–H groups in total. The molecule has 72 valence electrons. The molecular formula is C9H15N3O. The van der Waals surface area contributed by atoms with Gasteiger partial charge in [-0.15, -0.1) is 0 Å². The largest absolute Gasteiger partial charge is 0.485 e. The maximum Gasteiger partial charge on any atom is 0.138 e. The Hall–Kier alpha value is -1.29. The van der Waals surface area contributed by atoms with Crippen molar-refractivity contribution in [2.75, 3.05) is 12.3 Å². The monoisotopic (exact) mass is 181 g/mol. The van der Waals surface area contributed by atoms with E-state index in [2.05, 4.69) is 4.98 Å². The molecule has 0 amide bonds. The molecule has 0 atom stereocenters. The van der Waals surface area contributed by atoms with Crippen molar-refractivity contribution in [3.63, 3.8) is 0 Å². The van der Waals surface area contributed by atoms with Crippen molar-refractivity contribution < 1.29 is 4.74 Å². The average molecular weight is 181 g/mol. The third kappa shape index (κ3) is 2.91. The van der Waals surface area contributed by atoms with Gasteiger partial charge in [-0.05, 0) is 26.0 Å². The van der Waals surface area contributed by atoms with Gasteiger partial charge in [0.2, 0.25) is 0 Å². The van der Waals surface area contributed by atoms with Crippen molar-refractivity contribution >= 4 is 5.82 Å². The molecule has 0 aliphatic heterocycles. The minimum atomic E-state index is -0.363. The van der Waals surface area contributed by atoms with E-state index >= 15 is 0 Å². The molecule has 0 unspecified atom stereocenters. The molecule has 1 aromatic heterocycles. The average Bonchev–Trinajstić information content (AvgIpc) is 2.09. The number of pyridine rings is 1. The fourth-order valence-corrected chi connectivity index (χ4v) is 0.813. The van der Waals surface area contributed by atoms with Crippen molar-refractivity contribution in [3.05, 3.63) is 18.3 Å². The summed E-state index contributed by atoms with van der Waals surface area (Å²) in [6.45, 7) is 4.30. The summed E-state index contributed by atoms with van der Waals surface area (Å²) in [5.74, 6) is 1.17. The predicted molar refractivity (Wildman–Crippen MR) is 52.4 cm³/mol. The number of nitrogens with two attached hydrogens (primary N) is 2. The van der Waals surface area contributed by atoms with Crippen LogP contribution in [0.5, 0.6) is 5.75 Å². The molecule has 0 spiro atoms. The Bertz CT molecular complexity index is 269. The SMILES string of the molecule is CC(C)(CN)Oc1ccc(N)nc1. The first-order valence-corrected chi connectivity index (χ1v) is 4.14. The fraction of sp³-hybridized carbons (Fsp3) is 0.444. The molecule has 1 heterocycles. The number of anilines is 1. The van der Waals surface area contributed by atoms with E-state index in [9.17, 15) is 0 Å². The fourth-order valence-electron chi connectivity index (χ4n) is 0.813. The molecule has 0 bridgehead atoms. The minimum absolute atomic E-state index is 0.363. The molecular weight excluding hydrogens is 166 g/mol. The van der Waals surface area contributed by atoms with Gasteiger partial charge in [0.05, 0.1) is 6.20 Å². The molecule has 1 rings (SSSR count). The van der Waals surface area contributed by atoms with Crippen LogP contribution in [0.4, 0.5) is 5.82 Å². The third-order valence-corrected chi connectivity index (χ3v) is 1.64. The molecule has 0 aliphatic carbocycles. The highest BCUT2D eigenvalue weighted by Crippen LogP contribution is 2.16.